The number of ether oxygens (including phenoxy) is 1. The van der Waals surface area contributed by atoms with Gasteiger partial charge >= 0.3 is 0 Å². The fourth-order valence-electron chi connectivity index (χ4n) is 2.18. The third-order valence-corrected chi connectivity index (χ3v) is 3.37. The lowest BCUT2D eigenvalue weighted by Gasteiger charge is -2.07. The predicted octanol–water partition coefficient (Wildman–Crippen LogP) is 2.51. The monoisotopic (exact) mass is 337 g/mol. The van der Waals surface area contributed by atoms with Crippen LogP contribution in [0.1, 0.15) is 5.82 Å². The van der Waals surface area contributed by atoms with E-state index in [1.165, 1.54) is 24.7 Å². The highest BCUT2D eigenvalue weighted by Crippen LogP contribution is 2.26. The van der Waals surface area contributed by atoms with E-state index < -0.39 is 18.8 Å². The molecule has 0 radical (unpaired) electrons. The molecular weight excluding hydrogens is 323 g/mol. The summed E-state index contributed by atoms with van der Waals surface area (Å²) in [7, 11) is 1.77. The van der Waals surface area contributed by atoms with Gasteiger partial charge in [-0.25, -0.2) is 18.2 Å². The first-order valence-corrected chi connectivity index (χ1v) is 7.09. The molecule has 0 unspecified atom stereocenters. The Morgan fingerprint density at radius 3 is 2.75 bits per heavy atom. The standard InChI is InChI=1S/C15H14F3N5O/c1-22-15(19-9-21-22)7-23-6-10(5-20-23)12-3-2-11(4-13(12)16)24-8-14(17)18/h2-6,9,14H,7-8H2,1H3. The van der Waals surface area contributed by atoms with Gasteiger partial charge in [0.1, 0.15) is 36.9 Å². The second kappa shape index (κ2) is 6.73. The van der Waals surface area contributed by atoms with E-state index in [1.807, 2.05) is 0 Å². The zero-order valence-electron chi connectivity index (χ0n) is 12.7. The molecule has 0 saturated carbocycles. The molecule has 0 aliphatic carbocycles. The molecule has 6 nitrogen and oxygen atoms in total. The van der Waals surface area contributed by atoms with Gasteiger partial charge < -0.3 is 4.74 Å². The van der Waals surface area contributed by atoms with Crippen LogP contribution in [0.5, 0.6) is 5.75 Å². The molecule has 0 saturated heterocycles. The lowest BCUT2D eigenvalue weighted by molar-refractivity contribution is 0.0817. The number of halogens is 3. The molecule has 0 N–H and O–H groups in total. The summed E-state index contributed by atoms with van der Waals surface area (Å²) in [6.45, 7) is -0.373. The fraction of sp³-hybridized carbons (Fsp3) is 0.267. The minimum absolute atomic E-state index is 0.0584. The van der Waals surface area contributed by atoms with Gasteiger partial charge in [0.25, 0.3) is 6.43 Å². The molecule has 24 heavy (non-hydrogen) atoms. The molecule has 0 spiro atoms. The highest BCUT2D eigenvalue weighted by Gasteiger charge is 2.11. The summed E-state index contributed by atoms with van der Waals surface area (Å²) in [4.78, 5) is 4.10. The summed E-state index contributed by atoms with van der Waals surface area (Å²) in [5.74, 6) is 0.198. The molecule has 9 heteroatoms. The second-order valence-electron chi connectivity index (χ2n) is 5.07. The molecule has 3 rings (SSSR count). The Labute approximate surface area is 135 Å². The number of alkyl halides is 2. The molecule has 0 aliphatic rings. The van der Waals surface area contributed by atoms with Crippen molar-refractivity contribution in [3.63, 3.8) is 0 Å². The van der Waals surface area contributed by atoms with Gasteiger partial charge in [-0.05, 0) is 12.1 Å². The van der Waals surface area contributed by atoms with Gasteiger partial charge in [-0.1, -0.05) is 0 Å². The fourth-order valence-corrected chi connectivity index (χ4v) is 2.18. The second-order valence-corrected chi connectivity index (χ2v) is 5.07. The van der Waals surface area contributed by atoms with Crippen molar-refractivity contribution in [2.45, 2.75) is 13.0 Å². The lowest BCUT2D eigenvalue weighted by atomic mass is 10.1. The van der Waals surface area contributed by atoms with Crippen molar-refractivity contribution in [1.29, 1.82) is 0 Å². The number of hydrogen-bond donors (Lipinski definition) is 0. The van der Waals surface area contributed by atoms with E-state index >= 15 is 0 Å². The number of aromatic nitrogens is 5. The van der Waals surface area contributed by atoms with Crippen LogP contribution in [0.4, 0.5) is 13.2 Å². The first kappa shape index (κ1) is 16.0. The number of hydrogen-bond acceptors (Lipinski definition) is 4. The number of nitrogens with zero attached hydrogens (tertiary/aromatic N) is 5. The average molecular weight is 337 g/mol. The van der Waals surface area contributed by atoms with Crippen molar-refractivity contribution >= 4 is 0 Å². The Morgan fingerprint density at radius 1 is 1.25 bits per heavy atom. The molecule has 0 amide bonds. The van der Waals surface area contributed by atoms with Crippen molar-refractivity contribution in [3.05, 3.63) is 48.6 Å². The molecule has 0 aliphatic heterocycles. The van der Waals surface area contributed by atoms with Crippen molar-refractivity contribution in [3.8, 4) is 16.9 Å². The molecule has 2 heterocycles. The summed E-state index contributed by atoms with van der Waals surface area (Å²) in [5, 5.41) is 8.14. The molecule has 1 aromatic carbocycles. The van der Waals surface area contributed by atoms with Crippen molar-refractivity contribution in [2.24, 2.45) is 7.05 Å². The summed E-state index contributed by atoms with van der Waals surface area (Å²) < 4.78 is 46.4. The minimum atomic E-state index is -2.61. The van der Waals surface area contributed by atoms with Gasteiger partial charge in [0.05, 0.1) is 6.20 Å². The Kier molecular flexibility index (Phi) is 4.50. The number of rotatable bonds is 6. The predicted molar refractivity (Wildman–Crippen MR) is 79.2 cm³/mol. The van der Waals surface area contributed by atoms with Gasteiger partial charge in [0.2, 0.25) is 0 Å². The third kappa shape index (κ3) is 3.55. The van der Waals surface area contributed by atoms with Crippen LogP contribution in [0.25, 0.3) is 11.1 Å². The molecule has 0 atom stereocenters. The van der Waals surface area contributed by atoms with Crippen LogP contribution >= 0.6 is 0 Å². The van der Waals surface area contributed by atoms with E-state index in [1.54, 1.807) is 22.6 Å². The Hall–Kier alpha value is -2.84. The van der Waals surface area contributed by atoms with Crippen LogP contribution in [0.2, 0.25) is 0 Å². The Balaban J connectivity index is 1.76. The quantitative estimate of drug-likeness (QED) is 0.693. The summed E-state index contributed by atoms with van der Waals surface area (Å²) in [6, 6.07) is 4.00. The topological polar surface area (TPSA) is 57.8 Å². The zero-order valence-corrected chi connectivity index (χ0v) is 12.7. The van der Waals surface area contributed by atoms with Crippen molar-refractivity contribution in [1.82, 2.24) is 24.5 Å². The van der Waals surface area contributed by atoms with Gasteiger partial charge in [-0.15, -0.1) is 0 Å². The first-order chi connectivity index (χ1) is 11.5. The molecular formula is C15H14F3N5O. The highest BCUT2D eigenvalue weighted by atomic mass is 19.3. The SMILES string of the molecule is Cn1ncnc1Cn1cc(-c2ccc(OCC(F)F)cc2F)cn1. The lowest BCUT2D eigenvalue weighted by Crippen LogP contribution is -2.07. The smallest absolute Gasteiger partial charge is 0.272 e. The Bertz CT molecular complexity index is 830. The van der Waals surface area contributed by atoms with Crippen molar-refractivity contribution < 1.29 is 17.9 Å². The van der Waals surface area contributed by atoms with Crippen LogP contribution in [-0.2, 0) is 13.6 Å². The maximum atomic E-state index is 14.2. The largest absolute Gasteiger partial charge is 0.488 e. The maximum absolute atomic E-state index is 14.2. The zero-order chi connectivity index (χ0) is 17.1. The van der Waals surface area contributed by atoms with Gasteiger partial charge in [0, 0.05) is 30.4 Å². The van der Waals surface area contributed by atoms with E-state index in [-0.39, 0.29) is 5.75 Å². The van der Waals surface area contributed by atoms with Crippen LogP contribution in [0, 0.1) is 5.82 Å². The first-order valence-electron chi connectivity index (χ1n) is 7.09. The maximum Gasteiger partial charge on any atom is 0.272 e. The van der Waals surface area contributed by atoms with Crippen LogP contribution in [0.15, 0.2) is 36.9 Å². The number of aryl methyl sites for hydroxylation is 1. The van der Waals surface area contributed by atoms with Crippen LogP contribution in [-0.4, -0.2) is 37.6 Å². The highest BCUT2D eigenvalue weighted by molar-refractivity contribution is 5.63. The molecule has 126 valence electrons. The van der Waals surface area contributed by atoms with E-state index in [2.05, 4.69) is 15.2 Å². The van der Waals surface area contributed by atoms with Gasteiger partial charge in [0.15, 0.2) is 0 Å². The average Bonchev–Trinajstić information content (AvgIpc) is 3.16. The molecule has 0 fully saturated rings. The van der Waals surface area contributed by atoms with Crippen LogP contribution in [0.3, 0.4) is 0 Å². The van der Waals surface area contributed by atoms with Crippen LogP contribution < -0.4 is 4.74 Å². The molecule has 2 aromatic heterocycles. The van der Waals surface area contributed by atoms with E-state index in [9.17, 15) is 13.2 Å². The summed E-state index contributed by atoms with van der Waals surface area (Å²) in [6.07, 6.45) is 2.03. The number of benzene rings is 1. The van der Waals surface area contributed by atoms with E-state index in [4.69, 9.17) is 4.74 Å². The van der Waals surface area contributed by atoms with Gasteiger partial charge in [-0.2, -0.15) is 10.2 Å². The van der Waals surface area contributed by atoms with E-state index in [0.717, 1.165) is 6.07 Å². The summed E-state index contributed by atoms with van der Waals surface area (Å²) in [5.41, 5.74) is 0.874. The van der Waals surface area contributed by atoms with E-state index in [0.29, 0.717) is 23.5 Å². The van der Waals surface area contributed by atoms with Gasteiger partial charge in [-0.3, -0.25) is 9.36 Å². The molecule has 3 aromatic rings. The Morgan fingerprint density at radius 2 is 2.08 bits per heavy atom. The van der Waals surface area contributed by atoms with Crippen molar-refractivity contribution in [2.75, 3.05) is 6.61 Å². The molecule has 0 bridgehead atoms. The normalized spacial score (nSPS) is 11.2. The third-order valence-electron chi connectivity index (χ3n) is 3.37. The minimum Gasteiger partial charge on any atom is -0.488 e. The summed E-state index contributed by atoms with van der Waals surface area (Å²) >= 11 is 0.